The predicted octanol–water partition coefficient (Wildman–Crippen LogP) is 2.41. The molecule has 1 heterocycles. The Morgan fingerprint density at radius 1 is 1.08 bits per heavy atom. The van der Waals surface area contributed by atoms with Gasteiger partial charge in [-0.3, -0.25) is 0 Å². The van der Waals surface area contributed by atoms with Crippen molar-refractivity contribution in [3.8, 4) is 0 Å². The van der Waals surface area contributed by atoms with Crippen LogP contribution in [0.25, 0.3) is 6.08 Å². The standard InChI is InChI=1S/C19H17BN4.Y/c1-3-7-15-10-11-17(12-14(15)2)23-19-22-13-21-18(24-19)20-16-8-5-4-6-9-16;/h3-12H,1-2H3,(H,21,22,23,24);/q-1;/b7-3+;. The molecule has 4 nitrogen and oxygen atoms in total. The quantitative estimate of drug-likeness (QED) is 0.527. The summed E-state index contributed by atoms with van der Waals surface area (Å²) >= 11 is 0. The summed E-state index contributed by atoms with van der Waals surface area (Å²) in [6, 6.07) is 16.1. The number of benzene rings is 2. The second-order valence-corrected chi connectivity index (χ2v) is 5.37. The molecule has 0 bridgehead atoms. The monoisotopic (exact) mass is 401 g/mol. The minimum atomic E-state index is 0. The number of aryl methyl sites for hydroxylation is 1. The van der Waals surface area contributed by atoms with Gasteiger partial charge in [0, 0.05) is 44.7 Å². The van der Waals surface area contributed by atoms with Gasteiger partial charge in [0.1, 0.15) is 5.95 Å². The molecule has 1 aromatic heterocycles. The molecular weight excluding hydrogens is 384 g/mol. The minimum Gasteiger partial charge on any atom is -0.378 e. The fraction of sp³-hybridized carbons (Fsp3) is 0.105. The Bertz CT molecular complexity index is 853. The first-order chi connectivity index (χ1) is 11.7. The smallest absolute Gasteiger partial charge is 0.158 e. The van der Waals surface area contributed by atoms with Crippen molar-refractivity contribution >= 4 is 36.2 Å². The minimum absolute atomic E-state index is 0. The number of allylic oxidation sites excluding steroid dienone is 1. The second kappa shape index (κ2) is 9.59. The normalized spacial score (nSPS) is 10.3. The summed E-state index contributed by atoms with van der Waals surface area (Å²) in [5, 5.41) is 3.20. The van der Waals surface area contributed by atoms with E-state index in [4.69, 9.17) is 0 Å². The van der Waals surface area contributed by atoms with Gasteiger partial charge in [-0.1, -0.05) is 54.0 Å². The molecule has 25 heavy (non-hydrogen) atoms. The third-order valence-corrected chi connectivity index (χ3v) is 3.51. The van der Waals surface area contributed by atoms with Crippen LogP contribution in [-0.2, 0) is 32.7 Å². The average Bonchev–Trinajstić information content (AvgIpc) is 2.59. The SMILES string of the molecule is C/C=C/c1ccc(Nc2n[c-]nc([B]c3ccccc3)n2)cc1C.[Y]. The zero-order valence-electron chi connectivity index (χ0n) is 14.3. The van der Waals surface area contributed by atoms with Gasteiger partial charge in [0.2, 0.25) is 0 Å². The molecule has 3 rings (SSSR count). The van der Waals surface area contributed by atoms with Crippen molar-refractivity contribution in [3.63, 3.8) is 0 Å². The van der Waals surface area contributed by atoms with Crippen LogP contribution in [0.4, 0.5) is 11.6 Å². The van der Waals surface area contributed by atoms with E-state index < -0.39 is 0 Å². The second-order valence-electron chi connectivity index (χ2n) is 5.37. The first kappa shape index (κ1) is 19.5. The van der Waals surface area contributed by atoms with Gasteiger partial charge < -0.3 is 20.3 Å². The third kappa shape index (κ3) is 5.58. The van der Waals surface area contributed by atoms with E-state index in [0.717, 1.165) is 11.2 Å². The van der Waals surface area contributed by atoms with Crippen LogP contribution in [0.3, 0.4) is 0 Å². The number of nitrogens with one attached hydrogen (secondary N) is 1. The van der Waals surface area contributed by atoms with E-state index in [9.17, 15) is 0 Å². The molecule has 0 saturated carbocycles. The Labute approximate surface area is 174 Å². The fourth-order valence-electron chi connectivity index (χ4n) is 2.35. The van der Waals surface area contributed by atoms with E-state index in [-0.39, 0.29) is 32.7 Å². The number of anilines is 2. The van der Waals surface area contributed by atoms with Crippen molar-refractivity contribution in [2.24, 2.45) is 0 Å². The Morgan fingerprint density at radius 3 is 2.60 bits per heavy atom. The zero-order chi connectivity index (χ0) is 16.8. The summed E-state index contributed by atoms with van der Waals surface area (Å²) in [5.74, 6) is 0.477. The molecule has 0 aliphatic carbocycles. The molecule has 0 amide bonds. The molecule has 1 N–H and O–H groups in total. The third-order valence-electron chi connectivity index (χ3n) is 3.51. The summed E-state index contributed by atoms with van der Waals surface area (Å²) in [4.78, 5) is 12.6. The van der Waals surface area contributed by atoms with E-state index in [1.165, 1.54) is 11.1 Å². The van der Waals surface area contributed by atoms with Crippen LogP contribution in [0.15, 0.2) is 54.6 Å². The van der Waals surface area contributed by atoms with Gasteiger partial charge in [-0.05, 0) is 42.8 Å². The van der Waals surface area contributed by atoms with E-state index in [1.54, 1.807) is 0 Å². The number of rotatable bonds is 5. The molecule has 0 saturated heterocycles. The number of hydrogen-bond acceptors (Lipinski definition) is 4. The molecular formula is C19H17BN4Y-. The first-order valence-electron chi connectivity index (χ1n) is 7.77. The molecule has 2 radical (unpaired) electrons. The fourth-order valence-corrected chi connectivity index (χ4v) is 2.35. The van der Waals surface area contributed by atoms with Gasteiger partial charge in [0.25, 0.3) is 0 Å². The van der Waals surface area contributed by atoms with Crippen LogP contribution < -0.4 is 16.5 Å². The molecule has 0 unspecified atom stereocenters. The molecule has 0 spiro atoms. The number of hydrogen-bond donors (Lipinski definition) is 1. The van der Waals surface area contributed by atoms with E-state index in [1.807, 2.05) is 56.7 Å². The van der Waals surface area contributed by atoms with Crippen molar-refractivity contribution in [1.29, 1.82) is 0 Å². The van der Waals surface area contributed by atoms with Gasteiger partial charge in [0.05, 0.1) is 0 Å². The summed E-state index contributed by atoms with van der Waals surface area (Å²) in [6.45, 7) is 4.09. The van der Waals surface area contributed by atoms with Crippen LogP contribution in [0, 0.1) is 13.3 Å². The summed E-state index contributed by atoms with van der Waals surface area (Å²) in [7, 11) is 1.89. The number of nitrogens with zero attached hydrogens (tertiary/aromatic N) is 3. The molecule has 0 aliphatic rings. The van der Waals surface area contributed by atoms with Crippen molar-refractivity contribution < 1.29 is 32.7 Å². The van der Waals surface area contributed by atoms with Gasteiger partial charge in [-0.25, -0.2) is 0 Å². The van der Waals surface area contributed by atoms with Crippen molar-refractivity contribution in [2.45, 2.75) is 13.8 Å². The number of aromatic nitrogens is 3. The summed E-state index contributed by atoms with van der Waals surface area (Å²) < 4.78 is 0. The summed E-state index contributed by atoms with van der Waals surface area (Å²) in [6.07, 6.45) is 6.76. The van der Waals surface area contributed by atoms with Crippen molar-refractivity contribution in [2.75, 3.05) is 5.32 Å². The molecule has 0 fully saturated rings. The molecule has 6 heteroatoms. The molecule has 0 aliphatic heterocycles. The van der Waals surface area contributed by atoms with E-state index in [0.29, 0.717) is 11.7 Å². The molecule has 120 valence electrons. The summed E-state index contributed by atoms with van der Waals surface area (Å²) in [5.41, 5.74) is 4.93. The maximum atomic E-state index is 4.42. The van der Waals surface area contributed by atoms with Crippen molar-refractivity contribution in [3.05, 3.63) is 72.1 Å². The Hall–Kier alpha value is -1.84. The van der Waals surface area contributed by atoms with Gasteiger partial charge >= 0.3 is 0 Å². The van der Waals surface area contributed by atoms with Crippen LogP contribution in [0.5, 0.6) is 0 Å². The Kier molecular flexibility index (Phi) is 7.48. The largest absolute Gasteiger partial charge is 0.378 e. The van der Waals surface area contributed by atoms with Crippen LogP contribution >= 0.6 is 0 Å². The Morgan fingerprint density at radius 2 is 1.88 bits per heavy atom. The predicted molar refractivity (Wildman–Crippen MR) is 99.3 cm³/mol. The molecule has 3 aromatic rings. The molecule has 2 aromatic carbocycles. The maximum absolute atomic E-state index is 4.42. The van der Waals surface area contributed by atoms with Crippen LogP contribution in [-0.4, -0.2) is 22.2 Å². The molecule has 0 atom stereocenters. The topological polar surface area (TPSA) is 50.7 Å². The van der Waals surface area contributed by atoms with Crippen molar-refractivity contribution in [1.82, 2.24) is 15.0 Å². The zero-order valence-corrected chi connectivity index (χ0v) is 17.1. The van der Waals surface area contributed by atoms with Crippen LogP contribution in [0.2, 0.25) is 0 Å². The van der Waals surface area contributed by atoms with Gasteiger partial charge in [-0.15, -0.1) is 0 Å². The van der Waals surface area contributed by atoms with E-state index >= 15 is 0 Å². The average molecular weight is 401 g/mol. The maximum Gasteiger partial charge on any atom is 0.158 e. The van der Waals surface area contributed by atoms with Crippen LogP contribution in [0.1, 0.15) is 18.1 Å². The van der Waals surface area contributed by atoms with E-state index in [2.05, 4.69) is 51.7 Å². The van der Waals surface area contributed by atoms with Gasteiger partial charge in [0.15, 0.2) is 7.28 Å². The van der Waals surface area contributed by atoms with Gasteiger partial charge in [-0.2, -0.15) is 0 Å². The first-order valence-corrected chi connectivity index (χ1v) is 7.77. The Balaban J connectivity index is 0.00000225.